The van der Waals surface area contributed by atoms with Crippen molar-refractivity contribution in [1.82, 2.24) is 19.6 Å². The molecule has 0 saturated heterocycles. The van der Waals surface area contributed by atoms with Crippen molar-refractivity contribution in [3.63, 3.8) is 0 Å². The highest BCUT2D eigenvalue weighted by Gasteiger charge is 2.22. The first-order valence-electron chi connectivity index (χ1n) is 9.59. The Morgan fingerprint density at radius 3 is 2.61 bits per heavy atom. The van der Waals surface area contributed by atoms with Crippen molar-refractivity contribution in [1.29, 1.82) is 0 Å². The highest BCUT2D eigenvalue weighted by atomic mass is 79.9. The molecule has 3 aromatic heterocycles. The van der Waals surface area contributed by atoms with Crippen LogP contribution in [0.1, 0.15) is 46.1 Å². The Morgan fingerprint density at radius 2 is 1.91 bits per heavy atom. The van der Waals surface area contributed by atoms with Crippen LogP contribution in [0.2, 0.25) is 0 Å². The van der Waals surface area contributed by atoms with E-state index in [2.05, 4.69) is 31.4 Å². The predicted octanol–water partition coefficient (Wildman–Crippen LogP) is 5.66. The molecule has 0 atom stereocenters. The van der Waals surface area contributed by atoms with E-state index >= 15 is 0 Å². The van der Waals surface area contributed by atoms with Gasteiger partial charge in [-0.25, -0.2) is 17.6 Å². The minimum atomic E-state index is -2.99. The van der Waals surface area contributed by atoms with Gasteiger partial charge < -0.3 is 9.73 Å². The number of hydrogen-bond acceptors (Lipinski definition) is 4. The average Bonchev–Trinajstić information content (AvgIpc) is 3.49. The molecule has 0 radical (unpaired) electrons. The maximum Gasteiger partial charge on any atom is 0.291 e. The maximum atomic E-state index is 13.1. The SMILES string of the molecule is O=C(Nc1cccc(Cn2cc(Br)cn2)c1)c1ccc(Cn2nc(C(F)F)cc2C(F)F)o1. The summed E-state index contributed by atoms with van der Waals surface area (Å²) in [5.41, 5.74) is 0.0118. The lowest BCUT2D eigenvalue weighted by atomic mass is 10.2. The number of halogens is 5. The first-order chi connectivity index (χ1) is 15.8. The molecule has 0 unspecified atom stereocenters. The van der Waals surface area contributed by atoms with Gasteiger partial charge in [0.25, 0.3) is 18.8 Å². The van der Waals surface area contributed by atoms with E-state index in [1.165, 1.54) is 12.1 Å². The number of nitrogens with zero attached hydrogens (tertiary/aromatic N) is 4. The summed E-state index contributed by atoms with van der Waals surface area (Å²) in [7, 11) is 0. The van der Waals surface area contributed by atoms with Gasteiger partial charge in [0.15, 0.2) is 5.76 Å². The van der Waals surface area contributed by atoms with E-state index in [0.29, 0.717) is 18.3 Å². The standard InChI is InChI=1S/C21H16BrF4N5O2/c22-13-8-27-30(10-13)9-12-2-1-3-14(6-12)28-21(32)18-5-4-15(33-18)11-31-17(20(25)26)7-16(29-31)19(23)24/h1-8,10,19-20H,9,11H2,(H,28,32). The second kappa shape index (κ2) is 9.61. The monoisotopic (exact) mass is 525 g/mol. The lowest BCUT2D eigenvalue weighted by Crippen LogP contribution is -2.11. The van der Waals surface area contributed by atoms with E-state index < -0.39 is 30.1 Å². The molecule has 1 amide bonds. The Balaban J connectivity index is 1.44. The molecule has 0 aliphatic carbocycles. The summed E-state index contributed by atoms with van der Waals surface area (Å²) in [5, 5.41) is 10.4. The van der Waals surface area contributed by atoms with Crippen molar-refractivity contribution in [2.75, 3.05) is 5.32 Å². The third-order valence-corrected chi connectivity index (χ3v) is 5.01. The smallest absolute Gasteiger partial charge is 0.291 e. The molecule has 0 fully saturated rings. The normalized spacial score (nSPS) is 11.5. The topological polar surface area (TPSA) is 77.9 Å². The average molecular weight is 526 g/mol. The van der Waals surface area contributed by atoms with Gasteiger partial charge in [-0.15, -0.1) is 0 Å². The molecular weight excluding hydrogens is 510 g/mol. The fourth-order valence-electron chi connectivity index (χ4n) is 3.15. The number of benzene rings is 1. The molecule has 0 bridgehead atoms. The molecule has 172 valence electrons. The molecule has 4 rings (SSSR count). The van der Waals surface area contributed by atoms with Gasteiger partial charge in [0, 0.05) is 11.9 Å². The van der Waals surface area contributed by atoms with Crippen molar-refractivity contribution >= 4 is 27.5 Å². The van der Waals surface area contributed by atoms with Gasteiger partial charge in [0.05, 0.1) is 23.8 Å². The number of hydrogen-bond donors (Lipinski definition) is 1. The zero-order chi connectivity index (χ0) is 23.5. The van der Waals surface area contributed by atoms with Crippen LogP contribution in [0.25, 0.3) is 0 Å². The van der Waals surface area contributed by atoms with E-state index in [-0.39, 0.29) is 18.1 Å². The molecule has 1 N–H and O–H groups in total. The molecule has 0 spiro atoms. The largest absolute Gasteiger partial charge is 0.454 e. The molecule has 0 aliphatic heterocycles. The van der Waals surface area contributed by atoms with Gasteiger partial charge in [-0.2, -0.15) is 10.2 Å². The van der Waals surface area contributed by atoms with Gasteiger partial charge >= 0.3 is 0 Å². The van der Waals surface area contributed by atoms with Crippen molar-refractivity contribution in [2.24, 2.45) is 0 Å². The molecule has 4 aromatic rings. The number of aromatic nitrogens is 4. The van der Waals surface area contributed by atoms with Crippen molar-refractivity contribution in [3.8, 4) is 0 Å². The number of carbonyl (C=O) groups excluding carboxylic acids is 1. The van der Waals surface area contributed by atoms with Crippen LogP contribution in [0, 0.1) is 0 Å². The molecule has 3 heterocycles. The summed E-state index contributed by atoms with van der Waals surface area (Å²) >= 11 is 3.33. The maximum absolute atomic E-state index is 13.1. The van der Waals surface area contributed by atoms with Crippen LogP contribution in [0.5, 0.6) is 0 Å². The number of carbonyl (C=O) groups is 1. The van der Waals surface area contributed by atoms with Gasteiger partial charge in [0.2, 0.25) is 0 Å². The first kappa shape index (κ1) is 22.8. The zero-order valence-electron chi connectivity index (χ0n) is 16.8. The molecule has 7 nitrogen and oxygen atoms in total. The molecule has 1 aromatic carbocycles. The lowest BCUT2D eigenvalue weighted by molar-refractivity contribution is 0.0994. The quantitative estimate of drug-likeness (QED) is 0.301. The van der Waals surface area contributed by atoms with Crippen LogP contribution in [0.15, 0.2) is 63.7 Å². The highest BCUT2D eigenvalue weighted by Crippen LogP contribution is 2.26. The fraction of sp³-hybridized carbons (Fsp3) is 0.190. The van der Waals surface area contributed by atoms with Crippen molar-refractivity contribution < 1.29 is 26.8 Å². The first-order valence-corrected chi connectivity index (χ1v) is 10.4. The second-order valence-corrected chi connectivity index (χ2v) is 7.95. The summed E-state index contributed by atoms with van der Waals surface area (Å²) in [6.07, 6.45) is -2.48. The third kappa shape index (κ3) is 5.51. The number of anilines is 1. The van der Waals surface area contributed by atoms with E-state index in [9.17, 15) is 22.4 Å². The molecule has 0 aliphatic rings. The summed E-state index contributed by atoms with van der Waals surface area (Å²) < 4.78 is 60.7. The summed E-state index contributed by atoms with van der Waals surface area (Å²) in [5.74, 6) is -0.502. The fourth-order valence-corrected chi connectivity index (χ4v) is 3.47. The molecule has 33 heavy (non-hydrogen) atoms. The summed E-state index contributed by atoms with van der Waals surface area (Å²) in [4.78, 5) is 12.6. The summed E-state index contributed by atoms with van der Waals surface area (Å²) in [6, 6.07) is 10.6. The van der Waals surface area contributed by atoms with Crippen LogP contribution in [-0.4, -0.2) is 25.5 Å². The number of nitrogens with one attached hydrogen (secondary N) is 1. The number of alkyl halides is 4. The van der Waals surface area contributed by atoms with E-state index in [1.807, 2.05) is 12.3 Å². The van der Waals surface area contributed by atoms with Gasteiger partial charge in [-0.05, 0) is 51.8 Å². The van der Waals surface area contributed by atoms with Crippen LogP contribution < -0.4 is 5.32 Å². The summed E-state index contributed by atoms with van der Waals surface area (Å²) in [6.45, 7) is 0.172. The Hall–Kier alpha value is -3.41. The minimum absolute atomic E-state index is 0.0637. The lowest BCUT2D eigenvalue weighted by Gasteiger charge is -2.07. The van der Waals surface area contributed by atoms with E-state index in [1.54, 1.807) is 29.1 Å². The van der Waals surface area contributed by atoms with Crippen LogP contribution in [0.3, 0.4) is 0 Å². The van der Waals surface area contributed by atoms with Gasteiger partial charge in [-0.3, -0.25) is 14.2 Å². The zero-order valence-corrected chi connectivity index (χ0v) is 18.3. The Bertz CT molecular complexity index is 1270. The predicted molar refractivity (Wildman–Crippen MR) is 113 cm³/mol. The molecule has 0 saturated carbocycles. The number of amides is 1. The van der Waals surface area contributed by atoms with Crippen molar-refractivity contribution in [3.05, 3.63) is 87.8 Å². The molecule has 12 heteroatoms. The Morgan fingerprint density at radius 1 is 1.09 bits per heavy atom. The third-order valence-electron chi connectivity index (χ3n) is 4.60. The van der Waals surface area contributed by atoms with Crippen LogP contribution in [0.4, 0.5) is 23.2 Å². The van der Waals surface area contributed by atoms with E-state index in [0.717, 1.165) is 14.7 Å². The number of rotatable bonds is 8. The Kier molecular flexibility index (Phi) is 6.63. The van der Waals surface area contributed by atoms with Crippen LogP contribution in [-0.2, 0) is 13.1 Å². The highest BCUT2D eigenvalue weighted by molar-refractivity contribution is 9.10. The number of furan rings is 1. The second-order valence-electron chi connectivity index (χ2n) is 7.03. The van der Waals surface area contributed by atoms with Crippen LogP contribution >= 0.6 is 15.9 Å². The van der Waals surface area contributed by atoms with Gasteiger partial charge in [-0.1, -0.05) is 12.1 Å². The minimum Gasteiger partial charge on any atom is -0.454 e. The van der Waals surface area contributed by atoms with Gasteiger partial charge in [0.1, 0.15) is 17.1 Å². The van der Waals surface area contributed by atoms with Crippen molar-refractivity contribution in [2.45, 2.75) is 25.9 Å². The Labute approximate surface area is 193 Å². The molecular formula is C21H16BrF4N5O2. The van der Waals surface area contributed by atoms with E-state index in [4.69, 9.17) is 4.42 Å².